The highest BCUT2D eigenvalue weighted by Crippen LogP contribution is 2.54. The van der Waals surface area contributed by atoms with E-state index in [1.807, 2.05) is 6.92 Å². The average molecular weight is 346 g/mol. The van der Waals surface area contributed by atoms with Crippen molar-refractivity contribution in [2.75, 3.05) is 6.61 Å². The normalized spacial score (nSPS) is 39.1. The van der Waals surface area contributed by atoms with Crippen LogP contribution in [-0.4, -0.2) is 24.6 Å². The smallest absolute Gasteiger partial charge is 0.336 e. The van der Waals surface area contributed by atoms with E-state index in [2.05, 4.69) is 6.92 Å². The molecular weight excluding hydrogens is 320 g/mol. The Morgan fingerprint density at radius 2 is 1.29 bits per heavy atom. The number of alkyl halides is 4. The van der Waals surface area contributed by atoms with E-state index in [1.54, 1.807) is 0 Å². The van der Waals surface area contributed by atoms with Crippen molar-refractivity contribution in [1.29, 1.82) is 0 Å². The predicted octanol–water partition coefficient (Wildman–Crippen LogP) is 5.76. The molecule has 2 atom stereocenters. The van der Waals surface area contributed by atoms with Gasteiger partial charge in [0.05, 0.1) is 12.7 Å². The van der Waals surface area contributed by atoms with Crippen LogP contribution < -0.4 is 0 Å². The molecule has 0 radical (unpaired) electrons. The molecular formula is C19H26F4O. The average Bonchev–Trinajstić information content (AvgIpc) is 2.52. The molecule has 136 valence electrons. The molecule has 5 heteroatoms. The molecule has 3 rings (SSSR count). The third kappa shape index (κ3) is 3.04. The fourth-order valence-corrected chi connectivity index (χ4v) is 4.24. The Bertz CT molecular complexity index is 473. The summed E-state index contributed by atoms with van der Waals surface area (Å²) in [5.41, 5.74) is -0.819. The number of ether oxygens (including phenoxy) is 1. The maximum absolute atomic E-state index is 14.7. The molecule has 1 saturated carbocycles. The third-order valence-corrected chi connectivity index (χ3v) is 5.96. The summed E-state index contributed by atoms with van der Waals surface area (Å²) in [5, 5.41) is 0. The van der Waals surface area contributed by atoms with Crippen molar-refractivity contribution in [1.82, 2.24) is 0 Å². The second-order valence-corrected chi connectivity index (χ2v) is 7.77. The second kappa shape index (κ2) is 6.47. The molecule has 1 aliphatic heterocycles. The topological polar surface area (TPSA) is 9.23 Å². The monoisotopic (exact) mass is 346 g/mol. The number of hydrogen-bond donors (Lipinski definition) is 0. The second-order valence-electron chi connectivity index (χ2n) is 7.77. The van der Waals surface area contributed by atoms with Gasteiger partial charge in [-0.2, -0.15) is 17.6 Å². The molecule has 1 heterocycles. The highest BCUT2D eigenvalue weighted by molar-refractivity contribution is 5.40. The number of allylic oxidation sites excluding steroid dienone is 3. The zero-order chi connectivity index (χ0) is 17.5. The third-order valence-electron chi connectivity index (χ3n) is 5.96. The quantitative estimate of drug-likeness (QED) is 0.577. The van der Waals surface area contributed by atoms with Crippen molar-refractivity contribution in [2.24, 2.45) is 17.8 Å². The molecule has 1 nitrogen and oxygen atoms in total. The van der Waals surface area contributed by atoms with E-state index >= 15 is 0 Å². The Morgan fingerprint density at radius 1 is 0.792 bits per heavy atom. The summed E-state index contributed by atoms with van der Waals surface area (Å²) in [6.45, 7) is 4.06. The number of halogens is 4. The molecule has 24 heavy (non-hydrogen) atoms. The first-order valence-electron chi connectivity index (χ1n) is 9.03. The highest BCUT2D eigenvalue weighted by Gasteiger charge is 2.64. The van der Waals surface area contributed by atoms with Gasteiger partial charge in [0.1, 0.15) is 0 Å². The van der Waals surface area contributed by atoms with Gasteiger partial charge in [-0.1, -0.05) is 31.9 Å². The molecule has 0 aromatic heterocycles. The Balaban J connectivity index is 1.86. The minimum absolute atomic E-state index is 0.00917. The fourth-order valence-electron chi connectivity index (χ4n) is 4.24. The lowest BCUT2D eigenvalue weighted by Gasteiger charge is -2.41. The van der Waals surface area contributed by atoms with E-state index in [0.717, 1.165) is 12.8 Å². The molecule has 3 aliphatic rings. The van der Waals surface area contributed by atoms with E-state index in [0.29, 0.717) is 31.6 Å². The van der Waals surface area contributed by atoms with Crippen LogP contribution in [0.3, 0.4) is 0 Å². The Morgan fingerprint density at radius 3 is 1.79 bits per heavy atom. The standard InChI is InChI=1S/C19H26F4O/c1-12-3-6-14(7-4-12)16-9-10-17(19(22,23)18(16,20)21)15-8-5-13(2)24-11-15/h9-10,12-15H,3-8,11H2,1-2H3. The molecule has 2 unspecified atom stereocenters. The van der Waals surface area contributed by atoms with Crippen LogP contribution in [0, 0.1) is 17.8 Å². The van der Waals surface area contributed by atoms with Gasteiger partial charge in [-0.25, -0.2) is 0 Å². The summed E-state index contributed by atoms with van der Waals surface area (Å²) in [5.74, 6) is -8.76. The van der Waals surface area contributed by atoms with Crippen LogP contribution in [-0.2, 0) is 4.74 Å². The van der Waals surface area contributed by atoms with E-state index in [4.69, 9.17) is 4.74 Å². The summed E-state index contributed by atoms with van der Waals surface area (Å²) >= 11 is 0. The summed E-state index contributed by atoms with van der Waals surface area (Å²) in [6, 6.07) is 0. The van der Waals surface area contributed by atoms with Gasteiger partial charge in [0, 0.05) is 17.1 Å². The first kappa shape index (κ1) is 18.0. The maximum Gasteiger partial charge on any atom is 0.336 e. The summed E-state index contributed by atoms with van der Waals surface area (Å²) < 4.78 is 64.2. The lowest BCUT2D eigenvalue weighted by molar-refractivity contribution is -0.175. The first-order chi connectivity index (χ1) is 11.2. The summed E-state index contributed by atoms with van der Waals surface area (Å²) in [4.78, 5) is 0. The van der Waals surface area contributed by atoms with Crippen molar-refractivity contribution in [3.63, 3.8) is 0 Å². The van der Waals surface area contributed by atoms with E-state index < -0.39 is 29.3 Å². The van der Waals surface area contributed by atoms with Crippen LogP contribution in [0.5, 0.6) is 0 Å². The zero-order valence-corrected chi connectivity index (χ0v) is 14.3. The van der Waals surface area contributed by atoms with Gasteiger partial charge >= 0.3 is 11.8 Å². The molecule has 0 spiro atoms. The molecule has 1 saturated heterocycles. The van der Waals surface area contributed by atoms with E-state index in [1.165, 1.54) is 12.2 Å². The fraction of sp³-hybridized carbons (Fsp3) is 0.789. The molecule has 0 aromatic carbocycles. The van der Waals surface area contributed by atoms with Crippen molar-refractivity contribution < 1.29 is 22.3 Å². The van der Waals surface area contributed by atoms with Crippen LogP contribution in [0.25, 0.3) is 0 Å². The van der Waals surface area contributed by atoms with Crippen molar-refractivity contribution in [3.05, 3.63) is 23.3 Å². The van der Waals surface area contributed by atoms with Crippen LogP contribution in [0.1, 0.15) is 52.4 Å². The van der Waals surface area contributed by atoms with Gasteiger partial charge in [0.2, 0.25) is 0 Å². The Kier molecular flexibility index (Phi) is 4.84. The van der Waals surface area contributed by atoms with E-state index in [9.17, 15) is 17.6 Å². The van der Waals surface area contributed by atoms with Crippen molar-refractivity contribution in [2.45, 2.75) is 70.3 Å². The molecule has 0 amide bonds. The van der Waals surface area contributed by atoms with Gasteiger partial charge in [-0.3, -0.25) is 0 Å². The SMILES string of the molecule is CC1CCC(C2=CC=C(C3CCC(C)OC3)C(F)(F)C2(F)F)CC1. The van der Waals surface area contributed by atoms with Crippen LogP contribution in [0.15, 0.2) is 23.3 Å². The zero-order valence-electron chi connectivity index (χ0n) is 14.3. The Labute approximate surface area is 141 Å². The molecule has 0 aromatic rings. The number of rotatable bonds is 2. The van der Waals surface area contributed by atoms with E-state index in [-0.39, 0.29) is 18.3 Å². The van der Waals surface area contributed by atoms with Crippen molar-refractivity contribution in [3.8, 4) is 0 Å². The minimum Gasteiger partial charge on any atom is -0.378 e. The van der Waals surface area contributed by atoms with Crippen LogP contribution in [0.2, 0.25) is 0 Å². The van der Waals surface area contributed by atoms with Gasteiger partial charge in [0.15, 0.2) is 0 Å². The van der Waals surface area contributed by atoms with Crippen molar-refractivity contribution >= 4 is 0 Å². The van der Waals surface area contributed by atoms with Gasteiger partial charge in [-0.15, -0.1) is 0 Å². The maximum atomic E-state index is 14.7. The first-order valence-corrected chi connectivity index (χ1v) is 9.03. The lowest BCUT2D eigenvalue weighted by Crippen LogP contribution is -2.49. The van der Waals surface area contributed by atoms with Gasteiger partial charge in [0.25, 0.3) is 0 Å². The highest BCUT2D eigenvalue weighted by atomic mass is 19.3. The molecule has 0 bridgehead atoms. The lowest BCUT2D eigenvalue weighted by atomic mass is 9.72. The molecule has 2 aliphatic carbocycles. The largest absolute Gasteiger partial charge is 0.378 e. The van der Waals surface area contributed by atoms with Gasteiger partial charge in [-0.05, 0) is 44.4 Å². The minimum atomic E-state index is -4.12. The van der Waals surface area contributed by atoms with Crippen LogP contribution in [0.4, 0.5) is 17.6 Å². The summed E-state index contributed by atoms with van der Waals surface area (Å²) in [7, 11) is 0. The molecule has 0 N–H and O–H groups in total. The summed E-state index contributed by atoms with van der Waals surface area (Å²) in [6.07, 6.45) is 6.46. The molecule has 2 fully saturated rings. The predicted molar refractivity (Wildman–Crippen MR) is 85.3 cm³/mol. The Hall–Kier alpha value is -0.840. The number of hydrogen-bond acceptors (Lipinski definition) is 1. The van der Waals surface area contributed by atoms with Crippen LogP contribution >= 0.6 is 0 Å². The van der Waals surface area contributed by atoms with Gasteiger partial charge < -0.3 is 4.74 Å².